The monoisotopic (exact) mass is 1080 g/mol. The Morgan fingerprint density at radius 3 is 0.846 bits per heavy atom. The van der Waals surface area contributed by atoms with Gasteiger partial charge >= 0.3 is 17.9 Å². The van der Waals surface area contributed by atoms with Crippen molar-refractivity contribution < 1.29 is 28.6 Å². The third-order valence-corrected chi connectivity index (χ3v) is 13.7. The molecule has 0 aliphatic heterocycles. The molecular weight excluding hydrogens is 961 g/mol. The van der Waals surface area contributed by atoms with Gasteiger partial charge < -0.3 is 14.2 Å². The Morgan fingerprint density at radius 2 is 0.526 bits per heavy atom. The first kappa shape index (κ1) is 73.8. The molecule has 6 heteroatoms. The Morgan fingerprint density at radius 1 is 0.269 bits per heavy atom. The van der Waals surface area contributed by atoms with Gasteiger partial charge in [-0.25, -0.2) is 0 Å². The Labute approximate surface area is 482 Å². The molecule has 0 aromatic carbocycles. The highest BCUT2D eigenvalue weighted by Gasteiger charge is 2.19. The number of rotatable bonds is 58. The van der Waals surface area contributed by atoms with Gasteiger partial charge in [0.2, 0.25) is 0 Å². The fourth-order valence-corrected chi connectivity index (χ4v) is 8.81. The van der Waals surface area contributed by atoms with E-state index in [1.165, 1.54) is 116 Å². The van der Waals surface area contributed by atoms with E-state index < -0.39 is 6.10 Å². The highest BCUT2D eigenvalue weighted by atomic mass is 16.6. The van der Waals surface area contributed by atoms with Gasteiger partial charge in [-0.2, -0.15) is 0 Å². The van der Waals surface area contributed by atoms with Gasteiger partial charge in [0.1, 0.15) is 13.2 Å². The molecule has 6 nitrogen and oxygen atoms in total. The van der Waals surface area contributed by atoms with Gasteiger partial charge in [0.05, 0.1) is 0 Å². The minimum absolute atomic E-state index is 0.0918. The highest BCUT2D eigenvalue weighted by Crippen LogP contribution is 2.15. The van der Waals surface area contributed by atoms with Crippen molar-refractivity contribution in [3.8, 4) is 0 Å². The van der Waals surface area contributed by atoms with Crippen molar-refractivity contribution in [1.29, 1.82) is 0 Å². The van der Waals surface area contributed by atoms with Crippen LogP contribution in [0.15, 0.2) is 122 Å². The lowest BCUT2D eigenvalue weighted by atomic mass is 10.1. The lowest BCUT2D eigenvalue weighted by Gasteiger charge is -2.18. The fourth-order valence-electron chi connectivity index (χ4n) is 8.81. The van der Waals surface area contributed by atoms with Gasteiger partial charge in [-0.05, 0) is 128 Å². The number of carbonyl (C=O) groups is 3. The number of ether oxygens (including phenoxy) is 3. The minimum atomic E-state index is -0.795. The molecule has 0 aromatic rings. The molecule has 0 aliphatic carbocycles. The third kappa shape index (κ3) is 62.7. The summed E-state index contributed by atoms with van der Waals surface area (Å²) in [4.78, 5) is 38.3. The van der Waals surface area contributed by atoms with Gasteiger partial charge in [0.25, 0.3) is 0 Å². The molecular formula is C72H120O6. The molecule has 0 amide bonds. The normalized spacial score (nSPS) is 12.9. The Bertz CT molecular complexity index is 1620. The van der Waals surface area contributed by atoms with Crippen LogP contribution in [-0.2, 0) is 28.6 Å². The number of carbonyl (C=O) groups excluding carboxylic acids is 3. The molecule has 78 heavy (non-hydrogen) atoms. The SMILES string of the molecule is CC/C=C\C/C=C\C/C=C\C/C=C\C/C=C\C/C=C\C/C=C\CCCCCCCCCC(=O)OCC(COC(=O)CCCCCCC/C=C\C/C=C\CCC)OC(=O)CCCCCCCCC/C=C\CCCCCCCCC. The summed E-state index contributed by atoms with van der Waals surface area (Å²) in [6.45, 7) is 6.45. The van der Waals surface area contributed by atoms with E-state index in [1.807, 2.05) is 0 Å². The summed E-state index contributed by atoms with van der Waals surface area (Å²) in [7, 11) is 0. The molecule has 1 unspecified atom stereocenters. The Kier molecular flexibility index (Phi) is 61.8. The van der Waals surface area contributed by atoms with Crippen molar-refractivity contribution in [3.05, 3.63) is 122 Å². The Balaban J connectivity index is 4.35. The van der Waals surface area contributed by atoms with E-state index in [4.69, 9.17) is 14.2 Å². The number of hydrogen-bond donors (Lipinski definition) is 0. The predicted molar refractivity (Wildman–Crippen MR) is 339 cm³/mol. The first-order valence-electron chi connectivity index (χ1n) is 32.5. The quantitative estimate of drug-likeness (QED) is 0.0261. The van der Waals surface area contributed by atoms with Crippen LogP contribution in [0.2, 0.25) is 0 Å². The summed E-state index contributed by atoms with van der Waals surface area (Å²) < 4.78 is 16.9. The smallest absolute Gasteiger partial charge is 0.306 e. The Hall–Kier alpha value is -4.19. The third-order valence-electron chi connectivity index (χ3n) is 13.7. The molecule has 0 rings (SSSR count). The van der Waals surface area contributed by atoms with Crippen LogP contribution in [0.5, 0.6) is 0 Å². The second-order valence-corrected chi connectivity index (χ2v) is 21.3. The van der Waals surface area contributed by atoms with Crippen LogP contribution in [-0.4, -0.2) is 37.2 Å². The highest BCUT2D eigenvalue weighted by molar-refractivity contribution is 5.71. The lowest BCUT2D eigenvalue weighted by Crippen LogP contribution is -2.30. The van der Waals surface area contributed by atoms with Crippen molar-refractivity contribution in [2.45, 2.75) is 303 Å². The van der Waals surface area contributed by atoms with Gasteiger partial charge in [-0.3, -0.25) is 14.4 Å². The van der Waals surface area contributed by atoms with Crippen LogP contribution in [0.3, 0.4) is 0 Å². The van der Waals surface area contributed by atoms with Crippen molar-refractivity contribution in [3.63, 3.8) is 0 Å². The van der Waals surface area contributed by atoms with Gasteiger partial charge in [0.15, 0.2) is 6.10 Å². The zero-order chi connectivity index (χ0) is 56.4. The minimum Gasteiger partial charge on any atom is -0.462 e. The maximum atomic E-state index is 12.9. The molecule has 0 spiro atoms. The number of unbranched alkanes of at least 4 members (excludes halogenated alkanes) is 27. The molecule has 0 fully saturated rings. The van der Waals surface area contributed by atoms with E-state index >= 15 is 0 Å². The molecule has 0 saturated carbocycles. The summed E-state index contributed by atoms with van der Waals surface area (Å²) in [5.74, 6) is -0.915. The maximum Gasteiger partial charge on any atom is 0.306 e. The molecule has 0 saturated heterocycles. The van der Waals surface area contributed by atoms with Gasteiger partial charge in [-0.1, -0.05) is 271 Å². The molecule has 0 heterocycles. The second kappa shape index (κ2) is 65.3. The summed E-state index contributed by atoms with van der Waals surface area (Å²) in [6.07, 6.45) is 90.6. The van der Waals surface area contributed by atoms with Gasteiger partial charge in [-0.15, -0.1) is 0 Å². The average molecular weight is 1080 g/mol. The van der Waals surface area contributed by atoms with E-state index in [0.29, 0.717) is 19.3 Å². The van der Waals surface area contributed by atoms with E-state index in [2.05, 4.69) is 142 Å². The van der Waals surface area contributed by atoms with Crippen molar-refractivity contribution in [2.24, 2.45) is 0 Å². The van der Waals surface area contributed by atoms with Crippen molar-refractivity contribution >= 4 is 17.9 Å². The van der Waals surface area contributed by atoms with Crippen LogP contribution in [0.25, 0.3) is 0 Å². The number of allylic oxidation sites excluding steroid dienone is 20. The van der Waals surface area contributed by atoms with Crippen LogP contribution in [0.4, 0.5) is 0 Å². The second-order valence-electron chi connectivity index (χ2n) is 21.3. The summed E-state index contributed by atoms with van der Waals surface area (Å²) in [6, 6.07) is 0. The first-order valence-corrected chi connectivity index (χ1v) is 32.5. The van der Waals surface area contributed by atoms with Crippen molar-refractivity contribution in [1.82, 2.24) is 0 Å². The molecule has 1 atom stereocenters. The van der Waals surface area contributed by atoms with E-state index in [1.54, 1.807) is 0 Å². The standard InChI is InChI=1S/C72H120O6/c1-4-7-10-13-16-19-22-25-27-29-31-32-33-34-35-36-37-38-39-40-41-43-44-47-50-53-56-59-62-65-71(74)77-68-69(67-76-70(73)64-61-58-55-52-49-46-24-21-18-15-12-9-6-3)78-72(75)66-63-60-57-54-51-48-45-42-30-28-26-23-20-17-14-11-8-5-2/h7,10,12,15-16,19,21,24-25,27-28,30-32,34-35,37-38,40-41,69H,4-6,8-9,11,13-14,17-18,20,22-23,26,29,33,36,39,42-68H2,1-3H3/b10-7-,15-12-,19-16-,24-21-,27-25-,30-28-,32-31-,35-34-,38-37-,41-40-. The van der Waals surface area contributed by atoms with Crippen LogP contribution in [0.1, 0.15) is 297 Å². The number of hydrogen-bond acceptors (Lipinski definition) is 6. The summed E-state index contributed by atoms with van der Waals surface area (Å²) >= 11 is 0. The van der Waals surface area contributed by atoms with Crippen LogP contribution < -0.4 is 0 Å². The molecule has 0 radical (unpaired) electrons. The molecule has 0 bridgehead atoms. The lowest BCUT2D eigenvalue weighted by molar-refractivity contribution is -0.167. The van der Waals surface area contributed by atoms with Gasteiger partial charge in [0, 0.05) is 19.3 Å². The average Bonchev–Trinajstić information content (AvgIpc) is 3.44. The topological polar surface area (TPSA) is 78.9 Å². The van der Waals surface area contributed by atoms with E-state index in [9.17, 15) is 14.4 Å². The molecule has 444 valence electrons. The van der Waals surface area contributed by atoms with Crippen LogP contribution >= 0.6 is 0 Å². The zero-order valence-electron chi connectivity index (χ0n) is 50.9. The fraction of sp³-hybridized carbons (Fsp3) is 0.681. The van der Waals surface area contributed by atoms with E-state index in [0.717, 1.165) is 141 Å². The van der Waals surface area contributed by atoms with E-state index in [-0.39, 0.29) is 31.1 Å². The predicted octanol–water partition coefficient (Wildman–Crippen LogP) is 22.4. The molecule has 0 aliphatic rings. The summed E-state index contributed by atoms with van der Waals surface area (Å²) in [5.41, 5.74) is 0. The van der Waals surface area contributed by atoms with Crippen LogP contribution in [0, 0.1) is 0 Å². The molecule has 0 N–H and O–H groups in total. The zero-order valence-corrected chi connectivity index (χ0v) is 50.9. The van der Waals surface area contributed by atoms with Crippen molar-refractivity contribution in [2.75, 3.05) is 13.2 Å². The summed E-state index contributed by atoms with van der Waals surface area (Å²) in [5, 5.41) is 0. The molecule has 0 aromatic heterocycles. The maximum absolute atomic E-state index is 12.9. The first-order chi connectivity index (χ1) is 38.5. The largest absolute Gasteiger partial charge is 0.462 e. The number of esters is 3.